The van der Waals surface area contributed by atoms with Gasteiger partial charge in [-0.1, -0.05) is 0 Å². The van der Waals surface area contributed by atoms with Crippen LogP contribution in [0.1, 0.15) is 92.9 Å². The first-order valence-electron chi connectivity index (χ1n) is 16.5. The highest BCUT2D eigenvalue weighted by molar-refractivity contribution is 5.81. The first-order valence-corrected chi connectivity index (χ1v) is 16.5. The fraction of sp³-hybridized carbons (Fsp3) is 0.824. The largest absolute Gasteiger partial charge is 0.465 e. The summed E-state index contributed by atoms with van der Waals surface area (Å²) in [6, 6.07) is 0. The van der Waals surface area contributed by atoms with Gasteiger partial charge in [-0.25, -0.2) is 9.59 Å². The van der Waals surface area contributed by atoms with Crippen molar-refractivity contribution in [1.82, 2.24) is 0 Å². The third kappa shape index (κ3) is 9.91. The molecule has 8 unspecified atom stereocenters. The summed E-state index contributed by atoms with van der Waals surface area (Å²) in [7, 11) is 0. The van der Waals surface area contributed by atoms with Crippen LogP contribution in [-0.2, 0) is 57.2 Å². The Morgan fingerprint density at radius 1 is 0.478 bits per heavy atom. The van der Waals surface area contributed by atoms with E-state index in [2.05, 4.69) is 0 Å². The molecule has 0 spiro atoms. The van der Waals surface area contributed by atoms with Crippen LogP contribution >= 0.6 is 0 Å². The summed E-state index contributed by atoms with van der Waals surface area (Å²) in [4.78, 5) is 71.9. The highest BCUT2D eigenvalue weighted by Gasteiger charge is 2.64. The second-order valence-corrected chi connectivity index (χ2v) is 15.3. The molecule has 4 fully saturated rings. The zero-order chi connectivity index (χ0) is 33.8. The topological polar surface area (TPSA) is 158 Å². The fourth-order valence-electron chi connectivity index (χ4n) is 8.37. The Morgan fingerprint density at radius 3 is 1.13 bits per heavy atom. The first kappa shape index (κ1) is 35.7. The molecule has 4 aliphatic carbocycles. The van der Waals surface area contributed by atoms with Gasteiger partial charge in [0.15, 0.2) is 13.2 Å². The molecule has 258 valence electrons. The summed E-state index contributed by atoms with van der Waals surface area (Å²) in [6.07, 6.45) is 3.79. The Labute approximate surface area is 270 Å². The van der Waals surface area contributed by atoms with Crippen molar-refractivity contribution < 1.29 is 57.2 Å². The maximum absolute atomic E-state index is 12.3. The molecule has 4 rings (SSSR count). The van der Waals surface area contributed by atoms with E-state index in [-0.39, 0.29) is 25.7 Å². The van der Waals surface area contributed by atoms with Gasteiger partial charge in [-0.05, 0) is 115 Å². The lowest BCUT2D eigenvalue weighted by Gasteiger charge is -2.41. The third-order valence-electron chi connectivity index (χ3n) is 9.62. The van der Waals surface area contributed by atoms with E-state index in [0.29, 0.717) is 60.6 Å². The minimum absolute atomic E-state index is 0.0988. The van der Waals surface area contributed by atoms with Crippen LogP contribution < -0.4 is 0 Å². The maximum atomic E-state index is 12.3. The van der Waals surface area contributed by atoms with Crippen LogP contribution in [0.25, 0.3) is 0 Å². The predicted molar refractivity (Wildman–Crippen MR) is 160 cm³/mol. The second kappa shape index (κ2) is 14.7. The Hall–Kier alpha value is -3.18. The molecule has 0 amide bonds. The first-order chi connectivity index (χ1) is 21.5. The predicted octanol–water partition coefficient (Wildman–Crippen LogP) is 3.95. The van der Waals surface area contributed by atoms with Gasteiger partial charge in [0, 0.05) is 0 Å². The molecular weight excluding hydrogens is 600 g/mol. The van der Waals surface area contributed by atoms with Crippen LogP contribution in [0.15, 0.2) is 0 Å². The number of esters is 6. The highest BCUT2D eigenvalue weighted by Crippen LogP contribution is 2.70. The lowest BCUT2D eigenvalue weighted by atomic mass is 9.65. The van der Waals surface area contributed by atoms with Crippen molar-refractivity contribution in [3.05, 3.63) is 0 Å². The van der Waals surface area contributed by atoms with Crippen LogP contribution in [0.4, 0.5) is 0 Å². The van der Waals surface area contributed by atoms with E-state index in [1.807, 2.05) is 0 Å². The van der Waals surface area contributed by atoms with E-state index >= 15 is 0 Å². The van der Waals surface area contributed by atoms with Gasteiger partial charge in [-0.15, -0.1) is 0 Å². The van der Waals surface area contributed by atoms with Crippen molar-refractivity contribution >= 4 is 35.8 Å². The number of rotatable bonds is 14. The standard InChI is InChI=1S/C34H50O12/c1-33(2,3)45-29(39)17-43-27(37)9-7-25(35)41-15-21-11-19-13-23(21)31-20-12-22(24(14-20)32(19)31)16-42-26(36)8-10-28(38)44-18-30(40)46-34(4,5)6/h19-24,31-32H,7-18H2,1-6H3. The molecule has 0 aromatic carbocycles. The Balaban J connectivity index is 1.10. The van der Waals surface area contributed by atoms with Gasteiger partial charge in [0.05, 0.1) is 38.9 Å². The summed E-state index contributed by atoms with van der Waals surface area (Å²) in [5.74, 6) is 0.599. The lowest BCUT2D eigenvalue weighted by Crippen LogP contribution is -2.38. The average molecular weight is 651 g/mol. The number of ether oxygens (including phenoxy) is 6. The van der Waals surface area contributed by atoms with Crippen LogP contribution in [0.2, 0.25) is 0 Å². The van der Waals surface area contributed by atoms with E-state index in [0.717, 1.165) is 25.7 Å². The monoisotopic (exact) mass is 650 g/mol. The van der Waals surface area contributed by atoms with Crippen LogP contribution in [0.5, 0.6) is 0 Å². The number of hydrogen-bond acceptors (Lipinski definition) is 12. The molecule has 0 aliphatic heterocycles. The van der Waals surface area contributed by atoms with Crippen molar-refractivity contribution in [1.29, 1.82) is 0 Å². The smallest absolute Gasteiger partial charge is 0.344 e. The van der Waals surface area contributed by atoms with Gasteiger partial charge in [0.25, 0.3) is 0 Å². The minimum Gasteiger partial charge on any atom is -0.465 e. The summed E-state index contributed by atoms with van der Waals surface area (Å²) in [6.45, 7) is 10.1. The van der Waals surface area contributed by atoms with Crippen molar-refractivity contribution in [3.63, 3.8) is 0 Å². The van der Waals surface area contributed by atoms with E-state index in [1.54, 1.807) is 41.5 Å². The quantitative estimate of drug-likeness (QED) is 0.152. The fourth-order valence-corrected chi connectivity index (χ4v) is 8.37. The molecular formula is C34H50O12. The number of fused-ring (bicyclic) bond motifs is 9. The molecule has 0 N–H and O–H groups in total. The van der Waals surface area contributed by atoms with Crippen molar-refractivity contribution in [3.8, 4) is 0 Å². The van der Waals surface area contributed by atoms with Crippen molar-refractivity contribution in [2.75, 3.05) is 26.4 Å². The molecule has 8 atom stereocenters. The van der Waals surface area contributed by atoms with Gasteiger partial charge < -0.3 is 28.4 Å². The van der Waals surface area contributed by atoms with Gasteiger partial charge >= 0.3 is 35.8 Å². The van der Waals surface area contributed by atoms with E-state index < -0.39 is 60.2 Å². The molecule has 12 nitrogen and oxygen atoms in total. The van der Waals surface area contributed by atoms with E-state index in [1.165, 1.54) is 0 Å². The highest BCUT2D eigenvalue weighted by atomic mass is 16.6. The van der Waals surface area contributed by atoms with Crippen LogP contribution in [0.3, 0.4) is 0 Å². The molecule has 0 radical (unpaired) electrons. The Morgan fingerprint density at radius 2 is 0.804 bits per heavy atom. The van der Waals surface area contributed by atoms with Crippen LogP contribution in [0, 0.1) is 47.3 Å². The van der Waals surface area contributed by atoms with Crippen molar-refractivity contribution in [2.24, 2.45) is 47.3 Å². The molecule has 0 heterocycles. The molecule has 4 aliphatic rings. The third-order valence-corrected chi connectivity index (χ3v) is 9.62. The average Bonchev–Trinajstić information content (AvgIpc) is 3.72. The number of hydrogen-bond donors (Lipinski definition) is 0. The molecule has 4 saturated carbocycles. The summed E-state index contributed by atoms with van der Waals surface area (Å²) in [5.41, 5.74) is -1.34. The molecule has 0 saturated heterocycles. The van der Waals surface area contributed by atoms with E-state index in [4.69, 9.17) is 28.4 Å². The van der Waals surface area contributed by atoms with E-state index in [9.17, 15) is 28.8 Å². The van der Waals surface area contributed by atoms with Gasteiger partial charge in [0.2, 0.25) is 0 Å². The maximum Gasteiger partial charge on any atom is 0.344 e. The molecule has 0 aromatic heterocycles. The zero-order valence-corrected chi connectivity index (χ0v) is 28.0. The van der Waals surface area contributed by atoms with Gasteiger partial charge in [-0.3, -0.25) is 19.2 Å². The molecule has 0 aromatic rings. The zero-order valence-electron chi connectivity index (χ0n) is 28.0. The SMILES string of the molecule is CC(C)(C)OC(=O)COC(=O)CCC(=O)OCC1CC2CC1C1C3CC(COC(=O)CCC(=O)OCC(=O)OC(C)(C)C)C(C3)C21. The Bertz CT molecular complexity index is 1070. The number of carbonyl (C=O) groups excluding carboxylic acids is 6. The van der Waals surface area contributed by atoms with Crippen molar-refractivity contribution in [2.45, 2.75) is 104 Å². The lowest BCUT2D eigenvalue weighted by molar-refractivity contribution is -0.167. The molecule has 4 bridgehead atoms. The summed E-state index contributed by atoms with van der Waals surface area (Å²) >= 11 is 0. The summed E-state index contributed by atoms with van der Waals surface area (Å²) < 4.78 is 31.1. The summed E-state index contributed by atoms with van der Waals surface area (Å²) in [5, 5.41) is 0. The normalized spacial score (nSPS) is 29.1. The van der Waals surface area contributed by atoms with Gasteiger partial charge in [0.1, 0.15) is 11.2 Å². The van der Waals surface area contributed by atoms with Gasteiger partial charge in [-0.2, -0.15) is 0 Å². The molecule has 46 heavy (non-hydrogen) atoms. The minimum atomic E-state index is -0.671. The Kier molecular flexibility index (Phi) is 11.4. The number of carbonyl (C=O) groups is 6. The molecule has 12 heteroatoms. The van der Waals surface area contributed by atoms with Crippen LogP contribution in [-0.4, -0.2) is 73.4 Å². The second-order valence-electron chi connectivity index (χ2n) is 15.3.